The molecule has 0 unspecified atom stereocenters. The average Bonchev–Trinajstić information content (AvgIpc) is 3.46. The van der Waals surface area contributed by atoms with Gasteiger partial charge in [0.1, 0.15) is 6.54 Å². The fourth-order valence-electron chi connectivity index (χ4n) is 3.21. The molecule has 2 aromatic rings. The molecule has 29 heavy (non-hydrogen) atoms. The highest BCUT2D eigenvalue weighted by molar-refractivity contribution is 8.01. The quantitative estimate of drug-likeness (QED) is 0.340. The van der Waals surface area contributed by atoms with Crippen molar-refractivity contribution in [2.75, 3.05) is 24.2 Å². The molecular formula is C18H22N4O4S3. The molecule has 0 bridgehead atoms. The highest BCUT2D eigenvalue weighted by atomic mass is 32.2. The number of amides is 2. The van der Waals surface area contributed by atoms with Crippen LogP contribution in [-0.4, -0.2) is 46.9 Å². The maximum atomic E-state index is 13.0. The predicted molar refractivity (Wildman–Crippen MR) is 113 cm³/mol. The Morgan fingerprint density at radius 1 is 1.28 bits per heavy atom. The summed E-state index contributed by atoms with van der Waals surface area (Å²) in [7, 11) is 0. The summed E-state index contributed by atoms with van der Waals surface area (Å²) < 4.78 is 5.32. The monoisotopic (exact) mass is 454 g/mol. The Kier molecular flexibility index (Phi) is 7.62. The summed E-state index contributed by atoms with van der Waals surface area (Å²) in [6.07, 6.45) is 3.73. The lowest BCUT2D eigenvalue weighted by molar-refractivity contribution is -0.143. The van der Waals surface area contributed by atoms with Gasteiger partial charge in [0.15, 0.2) is 4.34 Å². The molecule has 1 saturated carbocycles. The van der Waals surface area contributed by atoms with E-state index < -0.39 is 11.4 Å². The van der Waals surface area contributed by atoms with Crippen molar-refractivity contribution in [1.82, 2.24) is 15.5 Å². The Hall–Kier alpha value is -1.98. The highest BCUT2D eigenvalue weighted by Gasteiger charge is 2.43. The van der Waals surface area contributed by atoms with E-state index in [0.29, 0.717) is 9.47 Å². The van der Waals surface area contributed by atoms with E-state index in [4.69, 9.17) is 4.74 Å². The number of nitrogens with one attached hydrogen (secondary N) is 2. The molecule has 0 aromatic carbocycles. The lowest BCUT2D eigenvalue weighted by atomic mass is 9.83. The van der Waals surface area contributed by atoms with Crippen molar-refractivity contribution in [3.8, 4) is 0 Å². The van der Waals surface area contributed by atoms with Gasteiger partial charge in [-0.3, -0.25) is 19.7 Å². The van der Waals surface area contributed by atoms with Crippen LogP contribution >= 0.6 is 34.4 Å². The van der Waals surface area contributed by atoms with E-state index in [9.17, 15) is 14.4 Å². The van der Waals surface area contributed by atoms with Gasteiger partial charge in [-0.25, -0.2) is 0 Å². The summed E-state index contributed by atoms with van der Waals surface area (Å²) in [6.45, 7) is 1.82. The van der Waals surface area contributed by atoms with Gasteiger partial charge < -0.3 is 10.1 Å². The minimum atomic E-state index is -0.486. The first-order chi connectivity index (χ1) is 14.0. The summed E-state index contributed by atoms with van der Waals surface area (Å²) in [5.74, 6) is -0.719. The molecule has 1 aliphatic carbocycles. The van der Waals surface area contributed by atoms with Crippen molar-refractivity contribution in [1.29, 1.82) is 0 Å². The van der Waals surface area contributed by atoms with E-state index in [1.54, 1.807) is 18.3 Å². The van der Waals surface area contributed by atoms with Crippen molar-refractivity contribution in [3.63, 3.8) is 0 Å². The van der Waals surface area contributed by atoms with Gasteiger partial charge in [-0.15, -0.1) is 21.5 Å². The maximum absolute atomic E-state index is 13.0. The lowest BCUT2D eigenvalue weighted by Crippen LogP contribution is -2.37. The molecule has 2 N–H and O–H groups in total. The van der Waals surface area contributed by atoms with Crippen molar-refractivity contribution in [2.45, 2.75) is 42.4 Å². The van der Waals surface area contributed by atoms with Crippen LogP contribution in [0.3, 0.4) is 0 Å². The van der Waals surface area contributed by atoms with Crippen LogP contribution in [0.25, 0.3) is 0 Å². The Morgan fingerprint density at radius 2 is 2.07 bits per heavy atom. The van der Waals surface area contributed by atoms with E-state index >= 15 is 0 Å². The van der Waals surface area contributed by atoms with Crippen LogP contribution < -0.4 is 10.6 Å². The normalized spacial score (nSPS) is 15.1. The zero-order valence-electron chi connectivity index (χ0n) is 15.9. The largest absolute Gasteiger partial charge is 0.465 e. The molecular weight excluding hydrogens is 432 g/mol. The number of rotatable bonds is 9. The number of hydrogen-bond acceptors (Lipinski definition) is 9. The first-order valence-corrected chi connectivity index (χ1v) is 12.0. The van der Waals surface area contributed by atoms with Gasteiger partial charge in [0.2, 0.25) is 16.9 Å². The predicted octanol–water partition coefficient (Wildman–Crippen LogP) is 2.82. The van der Waals surface area contributed by atoms with E-state index in [2.05, 4.69) is 20.8 Å². The second-order valence-corrected chi connectivity index (χ2v) is 9.61. The molecule has 1 aliphatic rings. The second-order valence-electron chi connectivity index (χ2n) is 6.46. The van der Waals surface area contributed by atoms with Crippen LogP contribution in [0.5, 0.6) is 0 Å². The van der Waals surface area contributed by atoms with Crippen LogP contribution in [0.2, 0.25) is 0 Å². The van der Waals surface area contributed by atoms with E-state index in [1.165, 1.54) is 23.1 Å². The number of carbonyl (C=O) groups excluding carboxylic acids is 3. The van der Waals surface area contributed by atoms with Gasteiger partial charge in [0.25, 0.3) is 0 Å². The third-order valence-electron chi connectivity index (χ3n) is 4.57. The van der Waals surface area contributed by atoms with Crippen LogP contribution in [0.4, 0.5) is 5.13 Å². The fraction of sp³-hybridized carbons (Fsp3) is 0.500. The van der Waals surface area contributed by atoms with Gasteiger partial charge in [-0.2, -0.15) is 0 Å². The summed E-state index contributed by atoms with van der Waals surface area (Å²) in [4.78, 5) is 37.2. The van der Waals surface area contributed by atoms with Gasteiger partial charge in [-0.05, 0) is 31.2 Å². The summed E-state index contributed by atoms with van der Waals surface area (Å²) >= 11 is 4.04. The molecule has 2 amide bonds. The first kappa shape index (κ1) is 21.7. The molecule has 156 valence electrons. The molecule has 11 heteroatoms. The standard InChI is InChI=1S/C18H22N4O4S3/c1-2-26-14(24)10-19-13(23)11-28-17-22-21-16(29-17)20-15(25)18(7-3-4-8-18)12-6-5-9-27-12/h5-6,9H,2-4,7-8,10-11H2,1H3,(H,19,23)(H,20,21,25). The smallest absolute Gasteiger partial charge is 0.325 e. The van der Waals surface area contributed by atoms with Crippen molar-refractivity contribution in [2.24, 2.45) is 0 Å². The zero-order chi connectivity index (χ0) is 20.7. The molecule has 1 fully saturated rings. The number of carbonyl (C=O) groups is 3. The van der Waals surface area contributed by atoms with E-state index in [-0.39, 0.29) is 30.7 Å². The maximum Gasteiger partial charge on any atom is 0.325 e. The van der Waals surface area contributed by atoms with Crippen LogP contribution in [0.1, 0.15) is 37.5 Å². The Morgan fingerprint density at radius 3 is 2.76 bits per heavy atom. The number of anilines is 1. The summed E-state index contributed by atoms with van der Waals surface area (Å²) in [5.41, 5.74) is -0.486. The minimum Gasteiger partial charge on any atom is -0.465 e. The summed E-state index contributed by atoms with van der Waals surface area (Å²) in [6, 6.07) is 3.99. The van der Waals surface area contributed by atoms with Crippen molar-refractivity contribution < 1.29 is 19.1 Å². The van der Waals surface area contributed by atoms with Crippen molar-refractivity contribution in [3.05, 3.63) is 22.4 Å². The van der Waals surface area contributed by atoms with E-state index in [0.717, 1.165) is 30.6 Å². The number of aromatic nitrogens is 2. The number of thioether (sulfide) groups is 1. The molecule has 2 heterocycles. The Balaban J connectivity index is 1.52. The van der Waals surface area contributed by atoms with Gasteiger partial charge in [0, 0.05) is 4.88 Å². The number of thiophene rings is 1. The van der Waals surface area contributed by atoms with Crippen LogP contribution in [-0.2, 0) is 24.5 Å². The lowest BCUT2D eigenvalue weighted by Gasteiger charge is -2.25. The number of hydrogen-bond donors (Lipinski definition) is 2. The second kappa shape index (κ2) is 10.2. The van der Waals surface area contributed by atoms with E-state index in [1.807, 2.05) is 17.5 Å². The third kappa shape index (κ3) is 5.55. The average molecular weight is 455 g/mol. The van der Waals surface area contributed by atoms with Crippen molar-refractivity contribution >= 4 is 57.4 Å². The van der Waals surface area contributed by atoms with Gasteiger partial charge in [0.05, 0.1) is 17.8 Å². The molecule has 8 nitrogen and oxygen atoms in total. The highest BCUT2D eigenvalue weighted by Crippen LogP contribution is 2.44. The summed E-state index contributed by atoms with van der Waals surface area (Å²) in [5, 5.41) is 15.9. The third-order valence-corrected chi connectivity index (χ3v) is 7.62. The molecule has 3 rings (SSSR count). The molecule has 0 atom stereocenters. The molecule has 0 saturated heterocycles. The number of nitrogens with zero attached hydrogens (tertiary/aromatic N) is 2. The SMILES string of the molecule is CCOC(=O)CNC(=O)CSc1nnc(NC(=O)C2(c3cccs3)CCCC2)s1. The Bertz CT molecular complexity index is 847. The number of ether oxygens (including phenoxy) is 1. The minimum absolute atomic E-state index is 0.0441. The molecule has 0 aliphatic heterocycles. The topological polar surface area (TPSA) is 110 Å². The number of esters is 1. The first-order valence-electron chi connectivity index (χ1n) is 9.27. The Labute approximate surface area is 180 Å². The zero-order valence-corrected chi connectivity index (χ0v) is 18.4. The van der Waals surface area contributed by atoms with Gasteiger partial charge >= 0.3 is 5.97 Å². The van der Waals surface area contributed by atoms with Crippen LogP contribution in [0.15, 0.2) is 21.9 Å². The molecule has 0 radical (unpaired) electrons. The molecule has 0 spiro atoms. The van der Waals surface area contributed by atoms with Gasteiger partial charge in [-0.1, -0.05) is 42.0 Å². The van der Waals surface area contributed by atoms with Crippen LogP contribution in [0, 0.1) is 0 Å². The fourth-order valence-corrected chi connectivity index (χ4v) is 5.77. The molecule has 2 aromatic heterocycles.